The van der Waals surface area contributed by atoms with Gasteiger partial charge in [-0.25, -0.2) is 0 Å². The van der Waals surface area contributed by atoms with Gasteiger partial charge >= 0.3 is 11.9 Å². The van der Waals surface area contributed by atoms with Crippen molar-refractivity contribution in [3.63, 3.8) is 0 Å². The molecule has 0 aromatic carbocycles. The van der Waals surface area contributed by atoms with Gasteiger partial charge in [0.05, 0.1) is 6.61 Å². The average Bonchev–Trinajstić information content (AvgIpc) is 3.38. The second-order valence-corrected chi connectivity index (χ2v) is 22.0. The lowest BCUT2D eigenvalue weighted by atomic mass is 10.0. The highest BCUT2D eigenvalue weighted by atomic mass is 16.6. The average molecular weight is 1010 g/mol. The topological polar surface area (TPSA) is 61.8 Å². The number of carbonyl (C=O) groups is 2. The first-order valence-corrected chi connectivity index (χ1v) is 32.5. The van der Waals surface area contributed by atoms with Gasteiger partial charge in [0.2, 0.25) is 0 Å². The van der Waals surface area contributed by atoms with Crippen molar-refractivity contribution < 1.29 is 23.8 Å². The molecule has 0 aromatic rings. The fourth-order valence-corrected chi connectivity index (χ4v) is 9.77. The standard InChI is InChI=1S/C67H126O5/c1-4-7-10-13-16-19-22-25-28-31-33-35-38-41-44-47-50-53-56-59-62-70-63-65(72-67(69)61-58-55-52-49-46-43-40-36-30-27-24-21-18-15-12-9-6-3)64-71-66(68)60-57-54-51-48-45-42-39-37-34-32-29-26-23-20-17-14-11-8-5-2/h16,19,25,27-28,30,65H,4-15,17-18,20-24,26,29,31-64H2,1-3H3/b19-16-,28-25-,30-27-. The Morgan fingerprint density at radius 2 is 0.583 bits per heavy atom. The Morgan fingerprint density at radius 1 is 0.306 bits per heavy atom. The SMILES string of the molecule is CCCCC/C=C\C/C=C\CCCCCCCCCCCCOCC(COC(=O)CCCCCCCCCCCCCCCCCCCCC)OC(=O)CCCCCCCCC/C=C\CCCCCCCC. The van der Waals surface area contributed by atoms with Gasteiger partial charge in [-0.05, 0) is 77.0 Å². The van der Waals surface area contributed by atoms with E-state index >= 15 is 0 Å². The summed E-state index contributed by atoms with van der Waals surface area (Å²) in [5.74, 6) is -0.379. The summed E-state index contributed by atoms with van der Waals surface area (Å²) in [7, 11) is 0. The molecule has 0 N–H and O–H groups in total. The third kappa shape index (κ3) is 60.7. The fraction of sp³-hybridized carbons (Fsp3) is 0.881. The lowest BCUT2D eigenvalue weighted by Crippen LogP contribution is -2.30. The maximum Gasteiger partial charge on any atom is 0.306 e. The van der Waals surface area contributed by atoms with Crippen LogP contribution in [0.15, 0.2) is 36.5 Å². The summed E-state index contributed by atoms with van der Waals surface area (Å²) in [5, 5.41) is 0. The van der Waals surface area contributed by atoms with Gasteiger partial charge in [0.25, 0.3) is 0 Å². The molecule has 0 spiro atoms. The number of allylic oxidation sites excluding steroid dienone is 6. The van der Waals surface area contributed by atoms with E-state index in [0.29, 0.717) is 26.1 Å². The number of hydrogen-bond donors (Lipinski definition) is 0. The zero-order chi connectivity index (χ0) is 52.0. The molecule has 424 valence electrons. The second kappa shape index (κ2) is 63.4. The molecular weight excluding hydrogens is 885 g/mol. The normalized spacial score (nSPS) is 12.3. The van der Waals surface area contributed by atoms with Crippen LogP contribution in [-0.4, -0.2) is 37.9 Å². The minimum Gasteiger partial charge on any atom is -0.462 e. The quantitative estimate of drug-likeness (QED) is 0.0345. The molecule has 0 amide bonds. The Kier molecular flexibility index (Phi) is 61.8. The van der Waals surface area contributed by atoms with Crippen molar-refractivity contribution in [1.29, 1.82) is 0 Å². The van der Waals surface area contributed by atoms with Crippen LogP contribution >= 0.6 is 0 Å². The van der Waals surface area contributed by atoms with Gasteiger partial charge in [-0.2, -0.15) is 0 Å². The first-order chi connectivity index (χ1) is 35.6. The van der Waals surface area contributed by atoms with Gasteiger partial charge in [-0.15, -0.1) is 0 Å². The van der Waals surface area contributed by atoms with E-state index in [4.69, 9.17) is 14.2 Å². The smallest absolute Gasteiger partial charge is 0.306 e. The van der Waals surface area contributed by atoms with Gasteiger partial charge in [0.15, 0.2) is 6.10 Å². The summed E-state index contributed by atoms with van der Waals surface area (Å²) in [6, 6.07) is 0. The maximum atomic E-state index is 12.9. The van der Waals surface area contributed by atoms with E-state index in [1.165, 1.54) is 276 Å². The third-order valence-corrected chi connectivity index (χ3v) is 14.6. The van der Waals surface area contributed by atoms with Gasteiger partial charge in [-0.1, -0.05) is 301 Å². The summed E-state index contributed by atoms with van der Waals surface area (Å²) in [6.07, 6.45) is 79.0. The van der Waals surface area contributed by atoms with Crippen molar-refractivity contribution in [3.8, 4) is 0 Å². The van der Waals surface area contributed by atoms with Gasteiger partial charge in [-0.3, -0.25) is 9.59 Å². The predicted molar refractivity (Wildman–Crippen MR) is 316 cm³/mol. The molecule has 1 atom stereocenters. The first-order valence-electron chi connectivity index (χ1n) is 32.5. The Hall–Kier alpha value is -1.88. The van der Waals surface area contributed by atoms with E-state index < -0.39 is 6.10 Å². The van der Waals surface area contributed by atoms with Crippen molar-refractivity contribution in [2.75, 3.05) is 19.8 Å². The predicted octanol–water partition coefficient (Wildman–Crippen LogP) is 22.5. The van der Waals surface area contributed by atoms with Gasteiger partial charge < -0.3 is 14.2 Å². The monoisotopic (exact) mass is 1010 g/mol. The maximum absolute atomic E-state index is 12.9. The van der Waals surface area contributed by atoms with Crippen LogP contribution < -0.4 is 0 Å². The molecule has 5 heteroatoms. The van der Waals surface area contributed by atoms with Crippen molar-refractivity contribution in [2.24, 2.45) is 0 Å². The lowest BCUT2D eigenvalue weighted by Gasteiger charge is -2.18. The second-order valence-electron chi connectivity index (χ2n) is 22.0. The number of rotatable bonds is 61. The van der Waals surface area contributed by atoms with Crippen molar-refractivity contribution >= 4 is 11.9 Å². The van der Waals surface area contributed by atoms with Crippen molar-refractivity contribution in [3.05, 3.63) is 36.5 Å². The lowest BCUT2D eigenvalue weighted by molar-refractivity contribution is -0.163. The Bertz CT molecular complexity index is 1140. The molecule has 0 aliphatic heterocycles. The molecule has 1 unspecified atom stereocenters. The van der Waals surface area contributed by atoms with Gasteiger partial charge in [0.1, 0.15) is 6.61 Å². The van der Waals surface area contributed by atoms with Crippen molar-refractivity contribution in [2.45, 2.75) is 361 Å². The molecule has 72 heavy (non-hydrogen) atoms. The van der Waals surface area contributed by atoms with E-state index in [9.17, 15) is 9.59 Å². The first kappa shape index (κ1) is 70.1. The van der Waals surface area contributed by atoms with E-state index in [0.717, 1.165) is 44.9 Å². The van der Waals surface area contributed by atoms with Crippen molar-refractivity contribution in [1.82, 2.24) is 0 Å². The summed E-state index contributed by atoms with van der Waals surface area (Å²) in [5.41, 5.74) is 0. The van der Waals surface area contributed by atoms with E-state index in [1.54, 1.807) is 0 Å². The largest absolute Gasteiger partial charge is 0.462 e. The molecule has 0 saturated heterocycles. The molecule has 0 bridgehead atoms. The van der Waals surface area contributed by atoms with E-state index in [2.05, 4.69) is 57.2 Å². The van der Waals surface area contributed by atoms with Crippen LogP contribution in [0.4, 0.5) is 0 Å². The highest BCUT2D eigenvalue weighted by Gasteiger charge is 2.18. The zero-order valence-electron chi connectivity index (χ0n) is 49.0. The summed E-state index contributed by atoms with van der Waals surface area (Å²) < 4.78 is 17.6. The number of unbranched alkanes of at least 4 members (excludes halogenated alkanes) is 44. The van der Waals surface area contributed by atoms with Crippen LogP contribution in [0.5, 0.6) is 0 Å². The van der Waals surface area contributed by atoms with Crippen LogP contribution in [0.3, 0.4) is 0 Å². The minimum absolute atomic E-state index is 0.0888. The molecule has 0 aromatic heterocycles. The molecule has 5 nitrogen and oxygen atoms in total. The molecule has 0 heterocycles. The van der Waals surface area contributed by atoms with Crippen LogP contribution in [0.1, 0.15) is 355 Å². The Balaban J connectivity index is 4.23. The van der Waals surface area contributed by atoms with Crippen LogP contribution in [-0.2, 0) is 23.8 Å². The fourth-order valence-electron chi connectivity index (χ4n) is 9.77. The summed E-state index contributed by atoms with van der Waals surface area (Å²) in [4.78, 5) is 25.6. The number of esters is 2. The molecule has 0 rings (SSSR count). The number of carbonyl (C=O) groups excluding carboxylic acids is 2. The molecule has 0 fully saturated rings. The minimum atomic E-state index is -0.537. The van der Waals surface area contributed by atoms with Crippen LogP contribution in [0, 0.1) is 0 Å². The van der Waals surface area contributed by atoms with E-state index in [-0.39, 0.29) is 18.5 Å². The molecule has 0 radical (unpaired) electrons. The Morgan fingerprint density at radius 3 is 0.958 bits per heavy atom. The Labute approximate surface area is 450 Å². The zero-order valence-corrected chi connectivity index (χ0v) is 49.0. The van der Waals surface area contributed by atoms with Crippen LogP contribution in [0.2, 0.25) is 0 Å². The van der Waals surface area contributed by atoms with Gasteiger partial charge in [0, 0.05) is 19.4 Å². The molecule has 0 aliphatic rings. The molecular formula is C67H126O5. The summed E-state index contributed by atoms with van der Waals surface area (Å²) in [6.45, 7) is 7.87. The highest BCUT2D eigenvalue weighted by Crippen LogP contribution is 2.17. The van der Waals surface area contributed by atoms with Crippen LogP contribution in [0.25, 0.3) is 0 Å². The summed E-state index contributed by atoms with van der Waals surface area (Å²) >= 11 is 0. The number of hydrogen-bond acceptors (Lipinski definition) is 5. The van der Waals surface area contributed by atoms with E-state index in [1.807, 2.05) is 0 Å². The molecule has 0 aliphatic carbocycles. The highest BCUT2D eigenvalue weighted by molar-refractivity contribution is 5.70. The molecule has 0 saturated carbocycles. The third-order valence-electron chi connectivity index (χ3n) is 14.6. The number of ether oxygens (including phenoxy) is 3.